The van der Waals surface area contributed by atoms with E-state index < -0.39 is 18.2 Å². The quantitative estimate of drug-likeness (QED) is 0.0417. The number of hydrogen-bond acceptors (Lipinski definition) is 5. The summed E-state index contributed by atoms with van der Waals surface area (Å²) in [5.41, 5.74) is 0. The average molecular weight is 921 g/mol. The van der Waals surface area contributed by atoms with Gasteiger partial charge in [-0.3, -0.25) is 9.59 Å². The van der Waals surface area contributed by atoms with E-state index in [4.69, 9.17) is 4.74 Å². The first-order chi connectivity index (χ1) is 32.0. The van der Waals surface area contributed by atoms with Crippen LogP contribution in [0.25, 0.3) is 0 Å². The van der Waals surface area contributed by atoms with E-state index >= 15 is 0 Å². The Bertz CT molecular complexity index is 944. The smallest absolute Gasteiger partial charge is 0.306 e. The number of ether oxygens (including phenoxy) is 1. The monoisotopic (exact) mass is 920 g/mol. The summed E-state index contributed by atoms with van der Waals surface area (Å²) in [5, 5.41) is 23.9. The zero-order chi connectivity index (χ0) is 47.4. The average Bonchev–Trinajstić information content (AvgIpc) is 3.30. The molecule has 0 aliphatic heterocycles. The van der Waals surface area contributed by atoms with Gasteiger partial charge in [0.2, 0.25) is 5.91 Å². The van der Waals surface area contributed by atoms with Gasteiger partial charge in [-0.05, 0) is 25.7 Å². The van der Waals surface area contributed by atoms with Crippen molar-refractivity contribution in [2.24, 2.45) is 0 Å². The standard InChI is InChI=1S/C59H117NO5/c1-4-7-10-13-16-19-22-25-28-29-31-34-37-40-43-46-49-52-59(64)65-55(50-47-44-41-38-35-32-27-24-21-18-15-12-9-6-3)53-58(63)60-56(54-61)57(62)51-48-45-42-39-36-33-30-26-23-20-17-14-11-8-5-2/h55-57,61-62H,4-54H2,1-3H3,(H,60,63). The maximum atomic E-state index is 13.3. The Labute approximate surface area is 406 Å². The molecule has 0 saturated carbocycles. The summed E-state index contributed by atoms with van der Waals surface area (Å²) in [5.74, 6) is -0.443. The Balaban J connectivity index is 4.46. The Morgan fingerprint density at radius 1 is 0.385 bits per heavy atom. The molecule has 65 heavy (non-hydrogen) atoms. The normalized spacial score (nSPS) is 13.0. The van der Waals surface area contributed by atoms with Crippen molar-refractivity contribution in [1.29, 1.82) is 0 Å². The maximum Gasteiger partial charge on any atom is 0.306 e. The van der Waals surface area contributed by atoms with Gasteiger partial charge in [-0.15, -0.1) is 0 Å². The van der Waals surface area contributed by atoms with Crippen LogP contribution in [0.4, 0.5) is 0 Å². The number of amides is 1. The van der Waals surface area contributed by atoms with E-state index in [-0.39, 0.29) is 24.9 Å². The molecule has 6 heteroatoms. The van der Waals surface area contributed by atoms with Crippen molar-refractivity contribution >= 4 is 11.9 Å². The highest BCUT2D eigenvalue weighted by Gasteiger charge is 2.24. The molecule has 6 nitrogen and oxygen atoms in total. The van der Waals surface area contributed by atoms with E-state index in [1.54, 1.807) is 0 Å². The molecule has 0 aliphatic carbocycles. The molecule has 0 spiro atoms. The molecule has 0 rings (SSSR count). The van der Waals surface area contributed by atoms with Crippen LogP contribution >= 0.6 is 0 Å². The molecule has 0 aromatic heterocycles. The van der Waals surface area contributed by atoms with Crippen LogP contribution in [0.3, 0.4) is 0 Å². The molecule has 3 unspecified atom stereocenters. The molecule has 0 aliphatic rings. The highest BCUT2D eigenvalue weighted by molar-refractivity contribution is 5.77. The predicted octanol–water partition coefficient (Wildman–Crippen LogP) is 18.3. The Morgan fingerprint density at radius 3 is 0.938 bits per heavy atom. The zero-order valence-electron chi connectivity index (χ0n) is 44.4. The zero-order valence-corrected chi connectivity index (χ0v) is 44.4. The fourth-order valence-electron chi connectivity index (χ4n) is 9.67. The molecule has 0 aromatic carbocycles. The second kappa shape index (κ2) is 53.8. The molecule has 0 heterocycles. The van der Waals surface area contributed by atoms with Crippen LogP contribution in [-0.2, 0) is 14.3 Å². The van der Waals surface area contributed by atoms with E-state index in [0.717, 1.165) is 38.5 Å². The van der Waals surface area contributed by atoms with Crippen molar-refractivity contribution in [1.82, 2.24) is 5.32 Å². The van der Waals surface area contributed by atoms with Crippen molar-refractivity contribution in [2.75, 3.05) is 6.61 Å². The van der Waals surface area contributed by atoms with Crippen molar-refractivity contribution in [3.05, 3.63) is 0 Å². The van der Waals surface area contributed by atoms with Gasteiger partial charge in [0.05, 0.1) is 25.2 Å². The molecule has 0 saturated heterocycles. The molecule has 1 amide bonds. The highest BCUT2D eigenvalue weighted by atomic mass is 16.5. The van der Waals surface area contributed by atoms with Gasteiger partial charge >= 0.3 is 5.97 Å². The van der Waals surface area contributed by atoms with Crippen LogP contribution in [0.2, 0.25) is 0 Å². The third-order valence-corrected chi connectivity index (χ3v) is 14.2. The van der Waals surface area contributed by atoms with Gasteiger partial charge in [0.1, 0.15) is 6.10 Å². The van der Waals surface area contributed by atoms with Crippen LogP contribution in [-0.4, -0.2) is 46.9 Å². The van der Waals surface area contributed by atoms with Crippen LogP contribution in [0, 0.1) is 0 Å². The number of aliphatic hydroxyl groups is 2. The first-order valence-electron chi connectivity index (χ1n) is 29.8. The summed E-state index contributed by atoms with van der Waals surface area (Å²) in [6, 6.07) is -0.693. The molecular formula is C59H117NO5. The lowest BCUT2D eigenvalue weighted by Gasteiger charge is -2.24. The number of esters is 1. The second-order valence-corrected chi connectivity index (χ2v) is 20.8. The van der Waals surface area contributed by atoms with Gasteiger partial charge in [-0.1, -0.05) is 303 Å². The first kappa shape index (κ1) is 63.9. The Kier molecular flexibility index (Phi) is 52.9. The molecule has 0 radical (unpaired) electrons. The Morgan fingerprint density at radius 2 is 0.646 bits per heavy atom. The topological polar surface area (TPSA) is 95.9 Å². The Hall–Kier alpha value is -1.14. The number of unbranched alkanes of at least 4 members (excludes halogenated alkanes) is 43. The predicted molar refractivity (Wildman–Crippen MR) is 283 cm³/mol. The maximum absolute atomic E-state index is 13.3. The van der Waals surface area contributed by atoms with Crippen molar-refractivity contribution in [3.63, 3.8) is 0 Å². The molecular weight excluding hydrogens is 803 g/mol. The van der Waals surface area contributed by atoms with Crippen LogP contribution in [0.1, 0.15) is 342 Å². The van der Waals surface area contributed by atoms with Crippen LogP contribution in [0.5, 0.6) is 0 Å². The minimum atomic E-state index is -0.780. The molecule has 0 bridgehead atoms. The first-order valence-corrected chi connectivity index (χ1v) is 29.8. The van der Waals surface area contributed by atoms with Gasteiger partial charge in [0, 0.05) is 6.42 Å². The van der Waals surface area contributed by atoms with E-state index in [9.17, 15) is 19.8 Å². The minimum absolute atomic E-state index is 0.0887. The lowest BCUT2D eigenvalue weighted by atomic mass is 10.0. The third kappa shape index (κ3) is 49.1. The SMILES string of the molecule is CCCCCCCCCCCCCCCCCCCC(=O)OC(CCCCCCCCCCCCCCCC)CC(=O)NC(CO)C(O)CCCCCCCCCCCCCCCCC. The number of carbonyl (C=O) groups is 2. The molecule has 3 atom stereocenters. The lowest BCUT2D eigenvalue weighted by molar-refractivity contribution is -0.151. The number of rotatable bonds is 55. The van der Waals surface area contributed by atoms with Gasteiger partial charge in [-0.25, -0.2) is 0 Å². The minimum Gasteiger partial charge on any atom is -0.462 e. The van der Waals surface area contributed by atoms with Gasteiger partial charge < -0.3 is 20.3 Å². The number of carbonyl (C=O) groups excluding carboxylic acids is 2. The van der Waals surface area contributed by atoms with Crippen molar-refractivity contribution in [3.8, 4) is 0 Å². The van der Waals surface area contributed by atoms with Crippen LogP contribution in [0.15, 0.2) is 0 Å². The summed E-state index contributed by atoms with van der Waals surface area (Å²) in [4.78, 5) is 26.3. The fraction of sp³-hybridized carbons (Fsp3) is 0.966. The molecule has 0 fully saturated rings. The summed E-state index contributed by atoms with van der Waals surface area (Å²) < 4.78 is 5.97. The number of nitrogens with one attached hydrogen (secondary N) is 1. The molecule has 3 N–H and O–H groups in total. The summed E-state index contributed by atoms with van der Waals surface area (Å²) in [6.45, 7) is 6.54. The molecule has 0 aromatic rings. The van der Waals surface area contributed by atoms with Gasteiger partial charge in [0.15, 0.2) is 0 Å². The van der Waals surface area contributed by atoms with E-state index in [1.165, 1.54) is 257 Å². The van der Waals surface area contributed by atoms with Crippen molar-refractivity contribution in [2.45, 2.75) is 360 Å². The summed E-state index contributed by atoms with van der Waals surface area (Å²) >= 11 is 0. The largest absolute Gasteiger partial charge is 0.462 e. The van der Waals surface area contributed by atoms with Gasteiger partial charge in [-0.2, -0.15) is 0 Å². The van der Waals surface area contributed by atoms with E-state index in [2.05, 4.69) is 26.1 Å². The summed E-state index contributed by atoms with van der Waals surface area (Å²) in [6.07, 6.45) is 60.3. The second-order valence-electron chi connectivity index (χ2n) is 20.8. The molecule has 388 valence electrons. The summed E-state index contributed by atoms with van der Waals surface area (Å²) in [7, 11) is 0. The fourth-order valence-corrected chi connectivity index (χ4v) is 9.67. The lowest BCUT2D eigenvalue weighted by Crippen LogP contribution is -2.46. The number of hydrogen-bond donors (Lipinski definition) is 3. The van der Waals surface area contributed by atoms with Crippen molar-refractivity contribution < 1.29 is 24.5 Å². The van der Waals surface area contributed by atoms with Crippen LogP contribution < -0.4 is 5.32 Å². The number of aliphatic hydroxyl groups excluding tert-OH is 2. The van der Waals surface area contributed by atoms with Gasteiger partial charge in [0.25, 0.3) is 0 Å². The highest BCUT2D eigenvalue weighted by Crippen LogP contribution is 2.19. The van der Waals surface area contributed by atoms with E-state index in [1.807, 2.05) is 0 Å². The van der Waals surface area contributed by atoms with E-state index in [0.29, 0.717) is 19.3 Å². The third-order valence-electron chi connectivity index (χ3n) is 14.2.